The smallest absolute Gasteiger partial charge is 0.224 e. The van der Waals surface area contributed by atoms with Gasteiger partial charge in [-0.25, -0.2) is 4.98 Å². The van der Waals surface area contributed by atoms with Gasteiger partial charge in [-0.15, -0.1) is 11.3 Å². The summed E-state index contributed by atoms with van der Waals surface area (Å²) >= 11 is 3.95. The average molecular weight is 422 g/mol. The number of para-hydroxylation sites is 1. The molecule has 0 aliphatic carbocycles. The summed E-state index contributed by atoms with van der Waals surface area (Å²) in [6, 6.07) is 16.0. The van der Waals surface area contributed by atoms with Gasteiger partial charge in [-0.2, -0.15) is 0 Å². The van der Waals surface area contributed by atoms with Crippen LogP contribution in [0, 0.1) is 3.57 Å². The van der Waals surface area contributed by atoms with Crippen molar-refractivity contribution in [3.63, 3.8) is 0 Å². The molecule has 0 bridgehead atoms. The van der Waals surface area contributed by atoms with E-state index in [9.17, 15) is 4.79 Å². The van der Waals surface area contributed by atoms with E-state index < -0.39 is 0 Å². The van der Waals surface area contributed by atoms with Crippen LogP contribution in [0.15, 0.2) is 48.5 Å². The molecule has 3 rings (SSSR count). The second-order valence-corrected chi connectivity index (χ2v) is 7.35. The van der Waals surface area contributed by atoms with E-state index in [2.05, 4.69) is 39.0 Å². The van der Waals surface area contributed by atoms with Crippen molar-refractivity contribution in [2.24, 2.45) is 0 Å². The van der Waals surface area contributed by atoms with Gasteiger partial charge in [0.25, 0.3) is 0 Å². The highest BCUT2D eigenvalue weighted by Crippen LogP contribution is 2.22. The first-order chi connectivity index (χ1) is 10.7. The van der Waals surface area contributed by atoms with Crippen molar-refractivity contribution in [3.05, 3.63) is 57.1 Å². The fourth-order valence-electron chi connectivity index (χ4n) is 2.22. The summed E-state index contributed by atoms with van der Waals surface area (Å²) < 4.78 is 2.32. The zero-order valence-electron chi connectivity index (χ0n) is 11.9. The summed E-state index contributed by atoms with van der Waals surface area (Å²) in [5.74, 6) is 0.0584. The SMILES string of the molecule is O=C(CCCc1nc2ccccc2s1)Nc1cccc(I)c1. The Morgan fingerprint density at radius 1 is 1.18 bits per heavy atom. The summed E-state index contributed by atoms with van der Waals surface area (Å²) in [6.45, 7) is 0. The third-order valence-corrected chi connectivity index (χ3v) is 5.01. The number of hydrogen-bond acceptors (Lipinski definition) is 3. The minimum atomic E-state index is 0.0584. The molecule has 3 nitrogen and oxygen atoms in total. The number of aryl methyl sites for hydroxylation is 1. The van der Waals surface area contributed by atoms with Gasteiger partial charge in [-0.3, -0.25) is 4.79 Å². The Hall–Kier alpha value is -1.47. The van der Waals surface area contributed by atoms with Gasteiger partial charge in [0.05, 0.1) is 15.2 Å². The molecule has 2 aromatic carbocycles. The van der Waals surface area contributed by atoms with Gasteiger partial charge in [0.1, 0.15) is 0 Å². The lowest BCUT2D eigenvalue weighted by atomic mass is 10.2. The number of benzene rings is 2. The highest BCUT2D eigenvalue weighted by molar-refractivity contribution is 14.1. The zero-order valence-corrected chi connectivity index (χ0v) is 14.9. The van der Waals surface area contributed by atoms with Crippen LogP contribution >= 0.6 is 33.9 Å². The highest BCUT2D eigenvalue weighted by atomic mass is 127. The highest BCUT2D eigenvalue weighted by Gasteiger charge is 2.06. The molecule has 0 saturated heterocycles. The Balaban J connectivity index is 1.51. The number of anilines is 1. The number of nitrogens with zero attached hydrogens (tertiary/aromatic N) is 1. The second kappa shape index (κ2) is 7.19. The molecule has 1 aromatic heterocycles. The van der Waals surface area contributed by atoms with E-state index in [-0.39, 0.29) is 5.91 Å². The van der Waals surface area contributed by atoms with Crippen LogP contribution in [-0.4, -0.2) is 10.9 Å². The maximum absolute atomic E-state index is 12.0. The topological polar surface area (TPSA) is 42.0 Å². The molecule has 0 atom stereocenters. The molecule has 22 heavy (non-hydrogen) atoms. The average Bonchev–Trinajstić information content (AvgIpc) is 2.90. The molecule has 0 unspecified atom stereocenters. The van der Waals surface area contributed by atoms with E-state index in [1.165, 1.54) is 4.70 Å². The second-order valence-electron chi connectivity index (χ2n) is 4.99. The lowest BCUT2D eigenvalue weighted by molar-refractivity contribution is -0.116. The van der Waals surface area contributed by atoms with E-state index in [4.69, 9.17) is 0 Å². The first-order valence-corrected chi connectivity index (χ1v) is 9.00. The predicted octanol–water partition coefficient (Wildman–Crippen LogP) is 4.86. The van der Waals surface area contributed by atoms with E-state index in [1.54, 1.807) is 11.3 Å². The molecule has 5 heteroatoms. The van der Waals surface area contributed by atoms with Crippen molar-refractivity contribution in [1.82, 2.24) is 4.98 Å². The van der Waals surface area contributed by atoms with Gasteiger partial charge in [-0.05, 0) is 65.8 Å². The first kappa shape index (κ1) is 15.4. The van der Waals surface area contributed by atoms with Crippen LogP contribution < -0.4 is 5.32 Å². The Labute approximate surface area is 146 Å². The van der Waals surface area contributed by atoms with E-state index >= 15 is 0 Å². The molecule has 3 aromatic rings. The Bertz CT molecular complexity index is 767. The van der Waals surface area contributed by atoms with Crippen LogP contribution in [0.2, 0.25) is 0 Å². The molecule has 1 heterocycles. The number of hydrogen-bond donors (Lipinski definition) is 1. The Morgan fingerprint density at radius 2 is 2.05 bits per heavy atom. The first-order valence-electron chi connectivity index (χ1n) is 7.10. The van der Waals surface area contributed by atoms with Crippen molar-refractivity contribution in [2.45, 2.75) is 19.3 Å². The molecule has 0 fully saturated rings. The number of carbonyl (C=O) groups is 1. The fraction of sp³-hybridized carbons (Fsp3) is 0.176. The van der Waals surface area contributed by atoms with Gasteiger partial charge in [0, 0.05) is 15.7 Å². The third-order valence-electron chi connectivity index (χ3n) is 3.24. The summed E-state index contributed by atoms with van der Waals surface area (Å²) in [6.07, 6.45) is 2.18. The maximum Gasteiger partial charge on any atom is 0.224 e. The van der Waals surface area contributed by atoms with Gasteiger partial charge in [-0.1, -0.05) is 18.2 Å². The van der Waals surface area contributed by atoms with Gasteiger partial charge in [0.15, 0.2) is 0 Å². The maximum atomic E-state index is 12.0. The summed E-state index contributed by atoms with van der Waals surface area (Å²) in [5.41, 5.74) is 1.91. The van der Waals surface area contributed by atoms with Crippen molar-refractivity contribution >= 4 is 55.7 Å². The van der Waals surface area contributed by atoms with E-state index in [1.807, 2.05) is 42.5 Å². The quantitative estimate of drug-likeness (QED) is 0.597. The number of aromatic nitrogens is 1. The summed E-state index contributed by atoms with van der Waals surface area (Å²) in [4.78, 5) is 16.5. The van der Waals surface area contributed by atoms with Crippen LogP contribution in [0.3, 0.4) is 0 Å². The lowest BCUT2D eigenvalue weighted by Gasteiger charge is -2.05. The lowest BCUT2D eigenvalue weighted by Crippen LogP contribution is -2.11. The molecular formula is C17H15IN2OS. The van der Waals surface area contributed by atoms with Crippen molar-refractivity contribution in [2.75, 3.05) is 5.32 Å². The van der Waals surface area contributed by atoms with Gasteiger partial charge < -0.3 is 5.32 Å². The fourth-order valence-corrected chi connectivity index (χ4v) is 3.77. The van der Waals surface area contributed by atoms with Gasteiger partial charge >= 0.3 is 0 Å². The van der Waals surface area contributed by atoms with Gasteiger partial charge in [0.2, 0.25) is 5.91 Å². The molecule has 0 aliphatic rings. The van der Waals surface area contributed by atoms with Crippen LogP contribution in [0.4, 0.5) is 5.69 Å². The summed E-state index contributed by atoms with van der Waals surface area (Å²) in [7, 11) is 0. The number of fused-ring (bicyclic) bond motifs is 1. The van der Waals surface area contributed by atoms with Crippen LogP contribution in [-0.2, 0) is 11.2 Å². The monoisotopic (exact) mass is 422 g/mol. The molecule has 0 saturated carbocycles. The molecule has 0 radical (unpaired) electrons. The number of carbonyl (C=O) groups excluding carboxylic acids is 1. The molecule has 112 valence electrons. The molecule has 0 aliphatic heterocycles. The van der Waals surface area contributed by atoms with Crippen LogP contribution in [0.5, 0.6) is 0 Å². The number of thiazole rings is 1. The minimum Gasteiger partial charge on any atom is -0.326 e. The zero-order chi connectivity index (χ0) is 15.4. The van der Waals surface area contributed by atoms with Crippen LogP contribution in [0.1, 0.15) is 17.8 Å². The molecule has 0 spiro atoms. The van der Waals surface area contributed by atoms with E-state index in [0.29, 0.717) is 6.42 Å². The van der Waals surface area contributed by atoms with Crippen LogP contribution in [0.25, 0.3) is 10.2 Å². The summed E-state index contributed by atoms with van der Waals surface area (Å²) in [5, 5.41) is 4.04. The Kier molecular flexibility index (Phi) is 5.04. The number of amides is 1. The normalized spacial score (nSPS) is 10.8. The van der Waals surface area contributed by atoms with Crippen molar-refractivity contribution in [1.29, 1.82) is 0 Å². The predicted molar refractivity (Wildman–Crippen MR) is 100 cm³/mol. The molecule has 1 amide bonds. The third kappa shape index (κ3) is 4.04. The van der Waals surface area contributed by atoms with E-state index in [0.717, 1.165) is 32.6 Å². The molecule has 1 N–H and O–H groups in total. The number of nitrogens with one attached hydrogen (secondary N) is 1. The standard InChI is InChI=1S/C17H15IN2OS/c18-12-5-3-6-13(11-12)19-16(21)9-4-10-17-20-14-7-1-2-8-15(14)22-17/h1-3,5-8,11H,4,9-10H2,(H,19,21). The number of halogens is 1. The largest absolute Gasteiger partial charge is 0.326 e. The minimum absolute atomic E-state index is 0.0584. The Morgan fingerprint density at radius 3 is 2.86 bits per heavy atom. The molecular weight excluding hydrogens is 407 g/mol. The van der Waals surface area contributed by atoms with Crippen molar-refractivity contribution < 1.29 is 4.79 Å². The van der Waals surface area contributed by atoms with Crippen molar-refractivity contribution in [3.8, 4) is 0 Å². The number of rotatable bonds is 5.